The van der Waals surface area contributed by atoms with Crippen molar-refractivity contribution < 1.29 is 21.9 Å². The van der Waals surface area contributed by atoms with E-state index in [9.17, 15) is 4.79 Å². The molecule has 0 saturated heterocycles. The molecule has 2 rings (SSSR count). The molecule has 0 bridgehead atoms. The molecule has 0 aromatic carbocycles. The van der Waals surface area contributed by atoms with Crippen molar-refractivity contribution in [3.63, 3.8) is 0 Å². The van der Waals surface area contributed by atoms with Gasteiger partial charge in [0.05, 0.1) is 0 Å². The van der Waals surface area contributed by atoms with Crippen LogP contribution in [0.4, 0.5) is 0 Å². The summed E-state index contributed by atoms with van der Waals surface area (Å²) in [5.74, 6) is 1.33. The van der Waals surface area contributed by atoms with Gasteiger partial charge in [0, 0.05) is 35.0 Å². The molecule has 0 saturated carbocycles. The van der Waals surface area contributed by atoms with Crippen LogP contribution in [-0.4, -0.2) is 5.78 Å². The Labute approximate surface area is 108 Å². The molecule has 0 N–H and O–H groups in total. The summed E-state index contributed by atoms with van der Waals surface area (Å²) in [4.78, 5) is 10.9. The van der Waals surface area contributed by atoms with Crippen molar-refractivity contribution in [1.29, 1.82) is 0 Å². The van der Waals surface area contributed by atoms with Crippen LogP contribution in [0.5, 0.6) is 0 Å². The van der Waals surface area contributed by atoms with Gasteiger partial charge in [-0.05, 0) is 13.3 Å². The summed E-state index contributed by atoms with van der Waals surface area (Å²) in [5.41, 5.74) is 0.877. The number of hydrogen-bond acceptors (Lipinski definition) is 1. The molecule has 0 spiro atoms. The molecule has 86 valence electrons. The molecule has 0 heterocycles. The molecule has 1 nitrogen and oxygen atoms in total. The number of carbonyl (C=O) groups excluding carboxylic acids is 1. The number of Topliss-reactive ketones (excluding diaryl/α,β-unsaturated/α-hetero) is 1. The molecule has 0 aromatic rings. The van der Waals surface area contributed by atoms with Gasteiger partial charge in [-0.25, -0.2) is 0 Å². The Kier molecular flexibility index (Phi) is 7.88. The van der Waals surface area contributed by atoms with Gasteiger partial charge in [-0.1, -0.05) is 49.5 Å². The molecule has 2 aliphatic carbocycles. The molecule has 0 fully saturated rings. The summed E-state index contributed by atoms with van der Waals surface area (Å²) in [7, 11) is 0. The van der Waals surface area contributed by atoms with Crippen molar-refractivity contribution in [3.8, 4) is 0 Å². The summed E-state index contributed by atoms with van der Waals surface area (Å²) in [5, 5.41) is 0. The number of hydrogen-bond donors (Lipinski definition) is 0. The van der Waals surface area contributed by atoms with E-state index in [1.807, 2.05) is 49.0 Å². The van der Waals surface area contributed by atoms with Gasteiger partial charge in [-0.3, -0.25) is 4.79 Å². The van der Waals surface area contributed by atoms with Crippen molar-refractivity contribution >= 4 is 5.78 Å². The van der Waals surface area contributed by atoms with Crippen LogP contribution in [-0.2, 0) is 21.9 Å². The standard InChI is InChI=1S/C9H11O.C5H5.Fe/c1-3-8-5-4-6-9(8)7(2)10;1-2-4-5-3-1;/h4-6H,3H2,1-2H3;1-5H;. The Morgan fingerprint density at radius 1 is 1.12 bits per heavy atom. The van der Waals surface area contributed by atoms with Gasteiger partial charge in [0.1, 0.15) is 0 Å². The molecule has 2 radical (unpaired) electrons. The minimum absolute atomic E-state index is 0. The van der Waals surface area contributed by atoms with Gasteiger partial charge in [-0.2, -0.15) is 0 Å². The van der Waals surface area contributed by atoms with Crippen molar-refractivity contribution in [1.82, 2.24) is 0 Å². The minimum Gasteiger partial charge on any atom is -0.295 e. The molecule has 0 unspecified atom stereocenters. The first-order chi connectivity index (χ1) is 7.25. The second kappa shape index (κ2) is 8.32. The smallest absolute Gasteiger partial charge is 0.156 e. The summed E-state index contributed by atoms with van der Waals surface area (Å²) in [6.45, 7) is 3.66. The van der Waals surface area contributed by atoms with Gasteiger partial charge in [0.2, 0.25) is 0 Å². The fourth-order valence-corrected chi connectivity index (χ4v) is 1.43. The first kappa shape index (κ1) is 15.1. The van der Waals surface area contributed by atoms with E-state index in [1.165, 1.54) is 0 Å². The van der Waals surface area contributed by atoms with Crippen LogP contribution in [0.15, 0.2) is 48.1 Å². The number of carbonyl (C=O) groups is 1. The number of allylic oxidation sites excluding steroid dienone is 8. The average Bonchev–Trinajstić information content (AvgIpc) is 2.92. The monoisotopic (exact) mass is 256 g/mol. The Morgan fingerprint density at radius 2 is 1.75 bits per heavy atom. The SMILES string of the molecule is CC[C]1C=CC=C1C(C)=O.[CH]1C=CC=C1.[Fe]. The summed E-state index contributed by atoms with van der Waals surface area (Å²) >= 11 is 0. The van der Waals surface area contributed by atoms with Crippen LogP contribution < -0.4 is 0 Å². The van der Waals surface area contributed by atoms with Crippen LogP contribution in [0.3, 0.4) is 0 Å². The van der Waals surface area contributed by atoms with Gasteiger partial charge in [0.15, 0.2) is 5.78 Å². The molecule has 2 aliphatic rings. The zero-order valence-corrected chi connectivity index (χ0v) is 10.7. The van der Waals surface area contributed by atoms with Crippen molar-refractivity contribution in [2.24, 2.45) is 0 Å². The van der Waals surface area contributed by atoms with Crippen LogP contribution in [0, 0.1) is 12.3 Å². The molecule has 2 heteroatoms. The molecule has 0 aromatic heterocycles. The molecule has 0 atom stereocenters. The maximum atomic E-state index is 10.9. The van der Waals surface area contributed by atoms with E-state index in [-0.39, 0.29) is 22.9 Å². The average molecular weight is 256 g/mol. The topological polar surface area (TPSA) is 17.1 Å². The van der Waals surface area contributed by atoms with Crippen LogP contribution >= 0.6 is 0 Å². The largest absolute Gasteiger partial charge is 0.295 e. The zero-order chi connectivity index (χ0) is 11.1. The quantitative estimate of drug-likeness (QED) is 0.692. The molecule has 0 amide bonds. The second-order valence-electron chi connectivity index (χ2n) is 3.34. The Balaban J connectivity index is 0.000000318. The van der Waals surface area contributed by atoms with E-state index in [2.05, 4.69) is 6.92 Å². The fourth-order valence-electron chi connectivity index (χ4n) is 1.43. The van der Waals surface area contributed by atoms with Gasteiger partial charge in [0.25, 0.3) is 0 Å². The van der Waals surface area contributed by atoms with E-state index >= 15 is 0 Å². The second-order valence-corrected chi connectivity index (χ2v) is 3.34. The van der Waals surface area contributed by atoms with E-state index in [1.54, 1.807) is 6.92 Å². The van der Waals surface area contributed by atoms with Crippen LogP contribution in [0.2, 0.25) is 0 Å². The summed E-state index contributed by atoms with van der Waals surface area (Å²) in [6, 6.07) is 0. The molecule has 16 heavy (non-hydrogen) atoms. The van der Waals surface area contributed by atoms with Gasteiger partial charge < -0.3 is 0 Å². The maximum absolute atomic E-state index is 10.9. The first-order valence-corrected chi connectivity index (χ1v) is 5.18. The maximum Gasteiger partial charge on any atom is 0.156 e. The van der Waals surface area contributed by atoms with Crippen molar-refractivity contribution in [2.45, 2.75) is 20.3 Å². The summed E-state index contributed by atoms with van der Waals surface area (Å²) < 4.78 is 0. The van der Waals surface area contributed by atoms with Crippen LogP contribution in [0.25, 0.3) is 0 Å². The van der Waals surface area contributed by atoms with E-state index in [0.717, 1.165) is 17.9 Å². The number of ketones is 1. The Bertz CT molecular complexity index is 325. The third kappa shape index (κ3) is 4.78. The van der Waals surface area contributed by atoms with E-state index in [4.69, 9.17) is 0 Å². The zero-order valence-electron chi connectivity index (χ0n) is 9.59. The van der Waals surface area contributed by atoms with E-state index < -0.39 is 0 Å². The van der Waals surface area contributed by atoms with Crippen molar-refractivity contribution in [2.75, 3.05) is 0 Å². The first-order valence-electron chi connectivity index (χ1n) is 5.18. The third-order valence-corrected chi connectivity index (χ3v) is 2.22. The molecular weight excluding hydrogens is 240 g/mol. The van der Waals surface area contributed by atoms with Crippen LogP contribution in [0.1, 0.15) is 20.3 Å². The van der Waals surface area contributed by atoms with Gasteiger partial charge >= 0.3 is 0 Å². The number of rotatable bonds is 2. The summed E-state index contributed by atoms with van der Waals surface area (Å²) in [6.07, 6.45) is 16.7. The Hall–Kier alpha value is -0.851. The fraction of sp³-hybridized carbons (Fsp3) is 0.214. The minimum atomic E-state index is 0. The van der Waals surface area contributed by atoms with Gasteiger partial charge in [-0.15, -0.1) is 0 Å². The van der Waals surface area contributed by atoms with Crippen molar-refractivity contribution in [3.05, 3.63) is 60.4 Å². The predicted molar refractivity (Wildman–Crippen MR) is 64.0 cm³/mol. The predicted octanol–water partition coefficient (Wildman–Crippen LogP) is 3.37. The third-order valence-electron chi connectivity index (χ3n) is 2.22. The molecular formula is C14H16FeO. The Morgan fingerprint density at radius 3 is 2.06 bits per heavy atom. The van der Waals surface area contributed by atoms with E-state index in [0.29, 0.717) is 0 Å². The normalized spacial score (nSPS) is 16.5. The molecule has 0 aliphatic heterocycles.